The summed E-state index contributed by atoms with van der Waals surface area (Å²) in [5.74, 6) is -0.480. The van der Waals surface area contributed by atoms with Crippen LogP contribution in [0, 0.1) is 0 Å². The zero-order valence-electron chi connectivity index (χ0n) is 13.2. The zero-order chi connectivity index (χ0) is 16.4. The number of para-hydroxylation sites is 1. The molecule has 0 aliphatic carbocycles. The van der Waals surface area contributed by atoms with E-state index in [9.17, 15) is 9.59 Å². The molecule has 0 saturated carbocycles. The number of hydrogen-bond donors (Lipinski definition) is 2. The molecule has 23 heavy (non-hydrogen) atoms. The van der Waals surface area contributed by atoms with Gasteiger partial charge in [-0.2, -0.15) is 0 Å². The fourth-order valence-corrected chi connectivity index (χ4v) is 2.65. The molecule has 0 saturated heterocycles. The third kappa shape index (κ3) is 3.04. The van der Waals surface area contributed by atoms with Crippen LogP contribution in [0.5, 0.6) is 0 Å². The van der Waals surface area contributed by atoms with E-state index in [1.807, 2.05) is 50.2 Å². The maximum absolute atomic E-state index is 12.8. The molecule has 1 heterocycles. The third-order valence-electron chi connectivity index (χ3n) is 3.67. The molecule has 3 rings (SSSR count). The van der Waals surface area contributed by atoms with Gasteiger partial charge in [-0.05, 0) is 37.6 Å². The van der Waals surface area contributed by atoms with E-state index in [2.05, 4.69) is 10.7 Å². The second-order valence-electron chi connectivity index (χ2n) is 5.83. The second kappa shape index (κ2) is 6.12. The van der Waals surface area contributed by atoms with Crippen molar-refractivity contribution in [2.24, 2.45) is 0 Å². The summed E-state index contributed by atoms with van der Waals surface area (Å²) in [5.41, 5.74) is 5.44. The highest BCUT2D eigenvalue weighted by atomic mass is 16.2. The van der Waals surface area contributed by atoms with E-state index < -0.39 is 0 Å². The summed E-state index contributed by atoms with van der Waals surface area (Å²) in [7, 11) is 0. The van der Waals surface area contributed by atoms with Gasteiger partial charge >= 0.3 is 0 Å². The first-order valence-corrected chi connectivity index (χ1v) is 7.62. The minimum absolute atomic E-state index is 0.209. The molecule has 0 unspecified atom stereocenters. The number of hydrogen-bond acceptors (Lipinski definition) is 3. The van der Waals surface area contributed by atoms with Crippen molar-refractivity contribution < 1.29 is 9.59 Å². The molecular formula is C18H19N3O2. The van der Waals surface area contributed by atoms with Gasteiger partial charge in [0.2, 0.25) is 0 Å². The molecule has 0 radical (unpaired) electrons. The van der Waals surface area contributed by atoms with Gasteiger partial charge in [0.05, 0.1) is 12.1 Å². The van der Waals surface area contributed by atoms with Crippen molar-refractivity contribution in [3.05, 3.63) is 65.2 Å². The summed E-state index contributed by atoms with van der Waals surface area (Å²) < 4.78 is 0. The fourth-order valence-electron chi connectivity index (χ4n) is 2.65. The molecule has 0 spiro atoms. The van der Waals surface area contributed by atoms with Gasteiger partial charge in [0.1, 0.15) is 0 Å². The van der Waals surface area contributed by atoms with Gasteiger partial charge in [-0.25, -0.2) is 5.01 Å². The van der Waals surface area contributed by atoms with Gasteiger partial charge in [-0.3, -0.25) is 15.0 Å². The number of carbonyl (C=O) groups excluding carboxylic acids is 2. The largest absolute Gasteiger partial charge is 0.382 e. The standard InChI is InChI=1S/C18H19N3O2/c1-12(2)19-16-10-6-5-9-15(16)18(23)21-11-13-7-3-4-8-14(13)17(22)20-21/h3-10,12,19H,11H2,1-2H3,(H,20,22). The van der Waals surface area contributed by atoms with Crippen molar-refractivity contribution in [1.82, 2.24) is 10.4 Å². The summed E-state index contributed by atoms with van der Waals surface area (Å²) in [5, 5.41) is 4.63. The molecule has 1 aliphatic rings. The van der Waals surface area contributed by atoms with Gasteiger partial charge in [-0.15, -0.1) is 0 Å². The Balaban J connectivity index is 1.89. The van der Waals surface area contributed by atoms with E-state index in [4.69, 9.17) is 0 Å². The van der Waals surface area contributed by atoms with E-state index in [1.165, 1.54) is 5.01 Å². The Morgan fingerprint density at radius 2 is 1.83 bits per heavy atom. The van der Waals surface area contributed by atoms with Crippen LogP contribution in [0.4, 0.5) is 5.69 Å². The number of hydrazine groups is 1. The van der Waals surface area contributed by atoms with Crippen molar-refractivity contribution in [2.75, 3.05) is 5.32 Å². The van der Waals surface area contributed by atoms with E-state index in [-0.39, 0.29) is 17.9 Å². The first kappa shape index (κ1) is 15.1. The highest BCUT2D eigenvalue weighted by molar-refractivity contribution is 6.03. The van der Waals surface area contributed by atoms with Gasteiger partial charge in [0.25, 0.3) is 11.8 Å². The van der Waals surface area contributed by atoms with Crippen molar-refractivity contribution >= 4 is 17.5 Å². The molecular weight excluding hydrogens is 290 g/mol. The average molecular weight is 309 g/mol. The first-order chi connectivity index (χ1) is 11.1. The molecule has 0 atom stereocenters. The Labute approximate surface area is 135 Å². The molecule has 2 amide bonds. The molecule has 118 valence electrons. The van der Waals surface area contributed by atoms with Crippen LogP contribution in [0.1, 0.15) is 40.1 Å². The molecule has 5 nitrogen and oxygen atoms in total. The van der Waals surface area contributed by atoms with Crippen LogP contribution in [0.2, 0.25) is 0 Å². The Morgan fingerprint density at radius 1 is 1.13 bits per heavy atom. The normalized spacial score (nSPS) is 13.5. The van der Waals surface area contributed by atoms with Crippen LogP contribution in [0.15, 0.2) is 48.5 Å². The summed E-state index contributed by atoms with van der Waals surface area (Å²) in [6, 6.07) is 14.9. The van der Waals surface area contributed by atoms with Crippen LogP contribution < -0.4 is 10.7 Å². The lowest BCUT2D eigenvalue weighted by Gasteiger charge is -2.29. The van der Waals surface area contributed by atoms with E-state index >= 15 is 0 Å². The summed E-state index contributed by atoms with van der Waals surface area (Å²) in [4.78, 5) is 25.0. The maximum Gasteiger partial charge on any atom is 0.274 e. The Bertz CT molecular complexity index is 755. The van der Waals surface area contributed by atoms with Gasteiger partial charge in [0, 0.05) is 17.3 Å². The third-order valence-corrected chi connectivity index (χ3v) is 3.67. The van der Waals surface area contributed by atoms with Gasteiger partial charge < -0.3 is 5.32 Å². The number of rotatable bonds is 3. The number of benzene rings is 2. The molecule has 0 fully saturated rings. The van der Waals surface area contributed by atoms with E-state index in [0.717, 1.165) is 11.3 Å². The van der Waals surface area contributed by atoms with Crippen LogP contribution in [-0.4, -0.2) is 22.9 Å². The fraction of sp³-hybridized carbons (Fsp3) is 0.222. The highest BCUT2D eigenvalue weighted by Gasteiger charge is 2.27. The van der Waals surface area contributed by atoms with Crippen LogP contribution in [0.3, 0.4) is 0 Å². The highest BCUT2D eigenvalue weighted by Crippen LogP contribution is 2.21. The summed E-state index contributed by atoms with van der Waals surface area (Å²) >= 11 is 0. The minimum atomic E-state index is -0.255. The van der Waals surface area contributed by atoms with E-state index in [1.54, 1.807) is 12.1 Å². The zero-order valence-corrected chi connectivity index (χ0v) is 13.2. The van der Waals surface area contributed by atoms with Crippen molar-refractivity contribution in [2.45, 2.75) is 26.4 Å². The molecule has 2 aromatic carbocycles. The number of anilines is 1. The van der Waals surface area contributed by atoms with Gasteiger partial charge in [-0.1, -0.05) is 30.3 Å². The lowest BCUT2D eigenvalue weighted by Crippen LogP contribution is -2.49. The SMILES string of the molecule is CC(C)Nc1ccccc1C(=O)N1Cc2ccccc2C(=O)N1. The smallest absolute Gasteiger partial charge is 0.274 e. The summed E-state index contributed by atoms with van der Waals surface area (Å²) in [6.45, 7) is 4.39. The Kier molecular flexibility index (Phi) is 4.02. The number of nitrogens with one attached hydrogen (secondary N) is 2. The second-order valence-corrected chi connectivity index (χ2v) is 5.83. The topological polar surface area (TPSA) is 61.4 Å². The predicted molar refractivity (Wildman–Crippen MR) is 89.0 cm³/mol. The maximum atomic E-state index is 12.8. The monoisotopic (exact) mass is 309 g/mol. The van der Waals surface area contributed by atoms with Crippen molar-refractivity contribution in [3.63, 3.8) is 0 Å². The molecule has 5 heteroatoms. The van der Waals surface area contributed by atoms with Crippen LogP contribution in [0.25, 0.3) is 0 Å². The number of nitrogens with zero attached hydrogens (tertiary/aromatic N) is 1. The average Bonchev–Trinajstić information content (AvgIpc) is 2.54. The lowest BCUT2D eigenvalue weighted by molar-refractivity contribution is 0.0540. The van der Waals surface area contributed by atoms with Crippen LogP contribution in [-0.2, 0) is 6.54 Å². The number of amides is 2. The Morgan fingerprint density at radius 3 is 2.61 bits per heavy atom. The number of fused-ring (bicyclic) bond motifs is 1. The van der Waals surface area contributed by atoms with Gasteiger partial charge in [0.15, 0.2) is 0 Å². The minimum Gasteiger partial charge on any atom is -0.382 e. The van der Waals surface area contributed by atoms with E-state index in [0.29, 0.717) is 17.7 Å². The Hall–Kier alpha value is -2.82. The molecule has 0 bridgehead atoms. The van der Waals surface area contributed by atoms with Crippen molar-refractivity contribution in [3.8, 4) is 0 Å². The first-order valence-electron chi connectivity index (χ1n) is 7.62. The molecule has 2 aromatic rings. The van der Waals surface area contributed by atoms with Crippen LogP contribution >= 0.6 is 0 Å². The summed E-state index contributed by atoms with van der Waals surface area (Å²) in [6.07, 6.45) is 0. The quantitative estimate of drug-likeness (QED) is 0.916. The lowest BCUT2D eigenvalue weighted by atomic mass is 10.0. The molecule has 0 aromatic heterocycles. The van der Waals surface area contributed by atoms with Crippen molar-refractivity contribution in [1.29, 1.82) is 0 Å². The molecule has 1 aliphatic heterocycles. The number of carbonyl (C=O) groups is 2. The predicted octanol–water partition coefficient (Wildman–Crippen LogP) is 2.81. The molecule has 2 N–H and O–H groups in total.